The highest BCUT2D eigenvalue weighted by Crippen LogP contribution is 2.14. The van der Waals surface area contributed by atoms with Gasteiger partial charge in [0.15, 0.2) is 0 Å². The van der Waals surface area contributed by atoms with Crippen LogP contribution in [0.2, 0.25) is 0 Å². The molecule has 0 saturated carbocycles. The Balaban J connectivity index is 0.00000144. The third-order valence-electron chi connectivity index (χ3n) is 3.03. The van der Waals surface area contributed by atoms with Crippen LogP contribution >= 0.6 is 12.4 Å². The van der Waals surface area contributed by atoms with Gasteiger partial charge in [0.25, 0.3) is 0 Å². The van der Waals surface area contributed by atoms with Crippen molar-refractivity contribution < 1.29 is 8.78 Å². The lowest BCUT2D eigenvalue weighted by Crippen LogP contribution is -2.49. The topological polar surface area (TPSA) is 15.3 Å². The molecule has 0 amide bonds. The predicted molar refractivity (Wildman–Crippen MR) is 66.3 cm³/mol. The smallest absolute Gasteiger partial charge is 0.130 e. The average Bonchev–Trinajstić information content (AvgIpc) is 2.25. The van der Waals surface area contributed by atoms with Crippen molar-refractivity contribution in [1.29, 1.82) is 0 Å². The van der Waals surface area contributed by atoms with E-state index in [-0.39, 0.29) is 12.4 Å². The highest BCUT2D eigenvalue weighted by molar-refractivity contribution is 5.85. The van der Waals surface area contributed by atoms with E-state index in [4.69, 9.17) is 0 Å². The maximum Gasteiger partial charge on any atom is 0.130 e. The molecule has 1 aliphatic heterocycles. The Labute approximate surface area is 106 Å². The van der Waals surface area contributed by atoms with Gasteiger partial charge in [-0.15, -0.1) is 12.4 Å². The number of halogens is 3. The molecule has 0 spiro atoms. The van der Waals surface area contributed by atoms with Gasteiger partial charge in [-0.3, -0.25) is 4.90 Å². The second-order valence-electron chi connectivity index (χ2n) is 4.26. The van der Waals surface area contributed by atoms with Gasteiger partial charge < -0.3 is 5.32 Å². The molecule has 1 atom stereocenters. The normalized spacial score (nSPS) is 21.0. The van der Waals surface area contributed by atoms with Crippen LogP contribution in [0.5, 0.6) is 0 Å². The van der Waals surface area contributed by atoms with Gasteiger partial charge in [0.2, 0.25) is 0 Å². The van der Waals surface area contributed by atoms with Crippen molar-refractivity contribution in [3.8, 4) is 0 Å². The van der Waals surface area contributed by atoms with E-state index in [2.05, 4.69) is 17.1 Å². The van der Waals surface area contributed by atoms with Crippen LogP contribution in [0, 0.1) is 11.6 Å². The predicted octanol–water partition coefficient (Wildman–Crippen LogP) is 2.18. The molecule has 0 aromatic heterocycles. The molecule has 2 nitrogen and oxygen atoms in total. The number of nitrogens with zero attached hydrogens (tertiary/aromatic N) is 1. The maximum absolute atomic E-state index is 13.5. The van der Waals surface area contributed by atoms with Crippen molar-refractivity contribution >= 4 is 12.4 Å². The van der Waals surface area contributed by atoms with Crippen LogP contribution < -0.4 is 5.32 Å². The minimum atomic E-state index is -0.519. The number of hydrogen-bond donors (Lipinski definition) is 1. The minimum absolute atomic E-state index is 0. The molecule has 1 saturated heterocycles. The van der Waals surface area contributed by atoms with Crippen LogP contribution in [-0.4, -0.2) is 30.6 Å². The van der Waals surface area contributed by atoms with Gasteiger partial charge in [-0.2, -0.15) is 0 Å². The lowest BCUT2D eigenvalue weighted by Gasteiger charge is -2.33. The lowest BCUT2D eigenvalue weighted by atomic mass is 10.1. The first-order valence-corrected chi connectivity index (χ1v) is 5.55. The van der Waals surface area contributed by atoms with Crippen molar-refractivity contribution in [2.75, 3.05) is 19.6 Å². The summed E-state index contributed by atoms with van der Waals surface area (Å²) < 4.78 is 26.2. The average molecular weight is 263 g/mol. The van der Waals surface area contributed by atoms with Gasteiger partial charge in [-0.05, 0) is 13.0 Å². The summed E-state index contributed by atoms with van der Waals surface area (Å²) in [5.74, 6) is -0.972. The number of nitrogens with one attached hydrogen (secondary N) is 1. The van der Waals surface area contributed by atoms with Crippen molar-refractivity contribution in [2.45, 2.75) is 19.5 Å². The molecule has 1 heterocycles. The standard InChI is InChI=1S/C12H16F2N2.ClH/c1-9-7-15-4-5-16(9)8-10-2-3-11(13)6-12(10)14;/h2-3,6,9,15H,4-5,7-8H2,1H3;1H. The van der Waals surface area contributed by atoms with Gasteiger partial charge in [-0.25, -0.2) is 8.78 Å². The molecule has 1 aromatic rings. The van der Waals surface area contributed by atoms with Crippen LogP contribution in [-0.2, 0) is 6.54 Å². The summed E-state index contributed by atoms with van der Waals surface area (Å²) >= 11 is 0. The summed E-state index contributed by atoms with van der Waals surface area (Å²) in [4.78, 5) is 2.20. The fourth-order valence-corrected chi connectivity index (χ4v) is 1.99. The Kier molecular flexibility index (Phi) is 5.31. The van der Waals surface area contributed by atoms with E-state index in [1.54, 1.807) is 0 Å². The fourth-order valence-electron chi connectivity index (χ4n) is 1.99. The zero-order chi connectivity index (χ0) is 11.5. The second-order valence-corrected chi connectivity index (χ2v) is 4.26. The molecule has 17 heavy (non-hydrogen) atoms. The quantitative estimate of drug-likeness (QED) is 0.879. The first-order chi connectivity index (χ1) is 7.66. The third kappa shape index (κ3) is 3.63. The van der Waals surface area contributed by atoms with Crippen molar-refractivity contribution in [3.63, 3.8) is 0 Å². The number of rotatable bonds is 2. The summed E-state index contributed by atoms with van der Waals surface area (Å²) in [6.45, 7) is 5.40. The molecule has 96 valence electrons. The van der Waals surface area contributed by atoms with E-state index >= 15 is 0 Å². The van der Waals surface area contributed by atoms with Crippen LogP contribution in [0.25, 0.3) is 0 Å². The zero-order valence-electron chi connectivity index (χ0n) is 9.75. The zero-order valence-corrected chi connectivity index (χ0v) is 10.6. The Morgan fingerprint density at radius 3 is 2.82 bits per heavy atom. The Morgan fingerprint density at radius 2 is 2.18 bits per heavy atom. The summed E-state index contributed by atoms with van der Waals surface area (Å²) in [5, 5.41) is 3.28. The van der Waals surface area contributed by atoms with Gasteiger partial charge in [0.05, 0.1) is 0 Å². The third-order valence-corrected chi connectivity index (χ3v) is 3.03. The fraction of sp³-hybridized carbons (Fsp3) is 0.500. The molecule has 1 fully saturated rings. The molecule has 1 N–H and O–H groups in total. The molecule has 1 aliphatic rings. The monoisotopic (exact) mass is 262 g/mol. The van der Waals surface area contributed by atoms with Gasteiger partial charge in [-0.1, -0.05) is 6.07 Å². The molecule has 1 unspecified atom stereocenters. The first-order valence-electron chi connectivity index (χ1n) is 5.55. The Hall–Kier alpha value is -0.710. The van der Waals surface area contributed by atoms with Gasteiger partial charge in [0, 0.05) is 43.9 Å². The first kappa shape index (κ1) is 14.4. The highest BCUT2D eigenvalue weighted by atomic mass is 35.5. The van der Waals surface area contributed by atoms with Crippen LogP contribution in [0.15, 0.2) is 18.2 Å². The summed E-state index contributed by atoms with van der Waals surface area (Å²) in [6.07, 6.45) is 0. The second kappa shape index (κ2) is 6.28. The van der Waals surface area contributed by atoms with E-state index < -0.39 is 11.6 Å². The Morgan fingerprint density at radius 1 is 1.41 bits per heavy atom. The Bertz CT molecular complexity index is 374. The van der Waals surface area contributed by atoms with Gasteiger partial charge in [0.1, 0.15) is 11.6 Å². The largest absolute Gasteiger partial charge is 0.314 e. The molecule has 1 aromatic carbocycles. The molecule has 0 aliphatic carbocycles. The van der Waals surface area contributed by atoms with Crippen LogP contribution in [0.3, 0.4) is 0 Å². The van der Waals surface area contributed by atoms with Crippen LogP contribution in [0.4, 0.5) is 8.78 Å². The van der Waals surface area contributed by atoms with Crippen molar-refractivity contribution in [3.05, 3.63) is 35.4 Å². The highest BCUT2D eigenvalue weighted by Gasteiger charge is 2.19. The molecule has 2 rings (SSSR count). The maximum atomic E-state index is 13.5. The summed E-state index contributed by atoms with van der Waals surface area (Å²) in [5.41, 5.74) is 0.565. The van der Waals surface area contributed by atoms with E-state index in [1.165, 1.54) is 12.1 Å². The number of benzene rings is 1. The van der Waals surface area contributed by atoms with E-state index in [0.29, 0.717) is 18.2 Å². The summed E-state index contributed by atoms with van der Waals surface area (Å²) in [7, 11) is 0. The molecule has 0 radical (unpaired) electrons. The van der Waals surface area contributed by atoms with Crippen LogP contribution in [0.1, 0.15) is 12.5 Å². The molecule has 5 heteroatoms. The van der Waals surface area contributed by atoms with Crippen molar-refractivity contribution in [1.82, 2.24) is 10.2 Å². The SMILES string of the molecule is CC1CNCCN1Cc1ccc(F)cc1F.Cl. The molecule has 0 bridgehead atoms. The molecular formula is C12H17ClF2N2. The van der Waals surface area contributed by atoms with E-state index in [9.17, 15) is 8.78 Å². The lowest BCUT2D eigenvalue weighted by molar-refractivity contribution is 0.163. The molecular weight excluding hydrogens is 246 g/mol. The van der Waals surface area contributed by atoms with Crippen molar-refractivity contribution in [2.24, 2.45) is 0 Å². The number of piperazine rings is 1. The minimum Gasteiger partial charge on any atom is -0.314 e. The van der Waals surface area contributed by atoms with E-state index in [1.807, 2.05) is 0 Å². The number of hydrogen-bond acceptors (Lipinski definition) is 2. The summed E-state index contributed by atoms with van der Waals surface area (Å²) in [6, 6.07) is 4.17. The van der Waals surface area contributed by atoms with E-state index in [0.717, 1.165) is 25.7 Å². The van der Waals surface area contributed by atoms with Gasteiger partial charge >= 0.3 is 0 Å².